The summed E-state index contributed by atoms with van der Waals surface area (Å²) in [5.74, 6) is 2.47. The van der Waals surface area contributed by atoms with Crippen molar-refractivity contribution in [3.63, 3.8) is 0 Å². The first kappa shape index (κ1) is 19.9. The predicted molar refractivity (Wildman–Crippen MR) is 113 cm³/mol. The van der Waals surface area contributed by atoms with Crippen molar-refractivity contribution < 1.29 is 19.0 Å². The number of esters is 1. The van der Waals surface area contributed by atoms with Crippen LogP contribution in [0, 0.1) is 6.92 Å². The fourth-order valence-corrected chi connectivity index (χ4v) is 3.34. The predicted octanol–water partition coefficient (Wildman–Crippen LogP) is 3.41. The Labute approximate surface area is 174 Å². The Bertz CT molecular complexity index is 1090. The Morgan fingerprint density at radius 3 is 2.87 bits per heavy atom. The van der Waals surface area contributed by atoms with Crippen molar-refractivity contribution in [3.05, 3.63) is 47.8 Å². The smallest absolute Gasteiger partial charge is 0.320 e. The summed E-state index contributed by atoms with van der Waals surface area (Å²) in [7, 11) is 1.84. The van der Waals surface area contributed by atoms with Crippen molar-refractivity contribution in [1.29, 1.82) is 0 Å². The highest BCUT2D eigenvalue weighted by Gasteiger charge is 2.16. The van der Waals surface area contributed by atoms with Gasteiger partial charge in [-0.15, -0.1) is 0 Å². The highest BCUT2D eigenvalue weighted by atomic mass is 16.7. The second-order valence-corrected chi connectivity index (χ2v) is 7.13. The summed E-state index contributed by atoms with van der Waals surface area (Å²) < 4.78 is 15.9. The molecule has 0 spiro atoms. The molecule has 4 rings (SSSR count). The molecule has 8 nitrogen and oxygen atoms in total. The second kappa shape index (κ2) is 8.54. The first-order chi connectivity index (χ1) is 14.5. The van der Waals surface area contributed by atoms with Crippen molar-refractivity contribution in [2.24, 2.45) is 0 Å². The zero-order valence-electron chi connectivity index (χ0n) is 17.3. The Kier molecular flexibility index (Phi) is 5.67. The number of nitrogens with zero attached hydrogens (tertiary/aromatic N) is 3. The van der Waals surface area contributed by atoms with Crippen LogP contribution in [-0.2, 0) is 16.1 Å². The fourth-order valence-electron chi connectivity index (χ4n) is 3.34. The lowest BCUT2D eigenvalue weighted by molar-refractivity contribution is -0.144. The molecule has 2 heterocycles. The van der Waals surface area contributed by atoms with E-state index in [2.05, 4.69) is 5.32 Å². The lowest BCUT2D eigenvalue weighted by Gasteiger charge is -2.17. The molecule has 30 heavy (non-hydrogen) atoms. The van der Waals surface area contributed by atoms with E-state index in [4.69, 9.17) is 24.2 Å². The molecule has 0 saturated carbocycles. The third kappa shape index (κ3) is 4.28. The van der Waals surface area contributed by atoms with Gasteiger partial charge in [0, 0.05) is 17.1 Å². The number of aryl methyl sites for hydroxylation is 1. The molecule has 1 N–H and O–H groups in total. The molecule has 0 unspecified atom stereocenters. The van der Waals surface area contributed by atoms with Crippen molar-refractivity contribution >= 4 is 28.4 Å². The van der Waals surface area contributed by atoms with Crippen LogP contribution in [0.15, 0.2) is 36.4 Å². The molecule has 1 aromatic heterocycles. The van der Waals surface area contributed by atoms with Gasteiger partial charge < -0.3 is 19.5 Å². The average Bonchev–Trinajstić information content (AvgIpc) is 3.17. The number of nitrogens with one attached hydrogen (secondary N) is 1. The van der Waals surface area contributed by atoms with Crippen LogP contribution >= 0.6 is 0 Å². The van der Waals surface area contributed by atoms with Gasteiger partial charge in [0.2, 0.25) is 6.79 Å². The SMILES string of the molecule is CCOC(=O)CN(C)Cc1nc(Nc2ccc3c(c2)OCO3)c2cccc(C)c2n1. The van der Waals surface area contributed by atoms with Gasteiger partial charge in [-0.1, -0.05) is 12.1 Å². The van der Waals surface area contributed by atoms with E-state index in [0.29, 0.717) is 30.5 Å². The maximum atomic E-state index is 11.8. The van der Waals surface area contributed by atoms with Gasteiger partial charge in [0.1, 0.15) is 11.6 Å². The topological polar surface area (TPSA) is 85.8 Å². The van der Waals surface area contributed by atoms with Crippen molar-refractivity contribution in [1.82, 2.24) is 14.9 Å². The minimum atomic E-state index is -0.268. The summed E-state index contributed by atoms with van der Waals surface area (Å²) in [6.07, 6.45) is 0. The number of likely N-dealkylation sites (N-methyl/N-ethyl adjacent to an activating group) is 1. The number of hydrogen-bond acceptors (Lipinski definition) is 8. The summed E-state index contributed by atoms with van der Waals surface area (Å²) in [5.41, 5.74) is 2.76. The molecule has 2 aromatic carbocycles. The standard InChI is InChI=1S/C22H24N4O4/c1-4-28-20(27)12-26(3)11-19-24-21-14(2)6-5-7-16(21)22(25-19)23-15-8-9-17-18(10-15)30-13-29-17/h5-10H,4,11-13H2,1-3H3,(H,23,24,25). The van der Waals surface area contributed by atoms with Crippen LogP contribution in [0.1, 0.15) is 18.3 Å². The summed E-state index contributed by atoms with van der Waals surface area (Å²) >= 11 is 0. The van der Waals surface area contributed by atoms with E-state index < -0.39 is 0 Å². The van der Waals surface area contributed by atoms with E-state index in [1.54, 1.807) is 6.92 Å². The van der Waals surface area contributed by atoms with Gasteiger partial charge in [-0.25, -0.2) is 9.97 Å². The van der Waals surface area contributed by atoms with E-state index in [1.807, 2.05) is 55.3 Å². The maximum absolute atomic E-state index is 11.8. The zero-order chi connectivity index (χ0) is 21.1. The van der Waals surface area contributed by atoms with Crippen molar-refractivity contribution in [2.45, 2.75) is 20.4 Å². The van der Waals surface area contributed by atoms with Gasteiger partial charge >= 0.3 is 5.97 Å². The van der Waals surface area contributed by atoms with Crippen LogP contribution in [0.2, 0.25) is 0 Å². The Morgan fingerprint density at radius 1 is 1.20 bits per heavy atom. The molecule has 0 aliphatic carbocycles. The van der Waals surface area contributed by atoms with Gasteiger partial charge in [-0.2, -0.15) is 0 Å². The quantitative estimate of drug-likeness (QED) is 0.596. The number of anilines is 2. The van der Waals surface area contributed by atoms with Crippen LogP contribution in [0.5, 0.6) is 11.5 Å². The molecule has 1 aliphatic heterocycles. The molecule has 0 bridgehead atoms. The Balaban J connectivity index is 1.64. The van der Waals surface area contributed by atoms with Crippen LogP contribution < -0.4 is 14.8 Å². The summed E-state index contributed by atoms with van der Waals surface area (Å²) in [4.78, 5) is 23.1. The van der Waals surface area contributed by atoms with Crippen LogP contribution in [-0.4, -0.2) is 47.8 Å². The van der Waals surface area contributed by atoms with E-state index >= 15 is 0 Å². The number of ether oxygens (including phenoxy) is 3. The third-order valence-electron chi connectivity index (χ3n) is 4.73. The fraction of sp³-hybridized carbons (Fsp3) is 0.318. The minimum Gasteiger partial charge on any atom is -0.465 e. The highest BCUT2D eigenvalue weighted by Crippen LogP contribution is 2.35. The van der Waals surface area contributed by atoms with Gasteiger partial charge in [0.25, 0.3) is 0 Å². The number of para-hydroxylation sites is 1. The number of benzene rings is 2. The van der Waals surface area contributed by atoms with Crippen LogP contribution in [0.4, 0.5) is 11.5 Å². The average molecular weight is 408 g/mol. The van der Waals surface area contributed by atoms with Crippen LogP contribution in [0.3, 0.4) is 0 Å². The maximum Gasteiger partial charge on any atom is 0.320 e. The molecule has 8 heteroatoms. The molecule has 3 aromatic rings. The first-order valence-electron chi connectivity index (χ1n) is 9.80. The zero-order valence-corrected chi connectivity index (χ0v) is 17.3. The number of carbonyl (C=O) groups is 1. The number of carbonyl (C=O) groups excluding carboxylic acids is 1. The van der Waals surface area contributed by atoms with Gasteiger partial charge in [0.05, 0.1) is 25.2 Å². The van der Waals surface area contributed by atoms with E-state index in [1.165, 1.54) is 0 Å². The van der Waals surface area contributed by atoms with Crippen molar-refractivity contribution in [3.8, 4) is 11.5 Å². The summed E-state index contributed by atoms with van der Waals surface area (Å²) in [5, 5.41) is 4.30. The lowest BCUT2D eigenvalue weighted by atomic mass is 10.1. The monoisotopic (exact) mass is 408 g/mol. The highest BCUT2D eigenvalue weighted by molar-refractivity contribution is 5.92. The van der Waals surface area contributed by atoms with Gasteiger partial charge in [0.15, 0.2) is 11.5 Å². The van der Waals surface area contributed by atoms with Crippen molar-refractivity contribution in [2.75, 3.05) is 32.3 Å². The second-order valence-electron chi connectivity index (χ2n) is 7.13. The molecule has 1 aliphatic rings. The summed E-state index contributed by atoms with van der Waals surface area (Å²) in [6, 6.07) is 11.7. The summed E-state index contributed by atoms with van der Waals surface area (Å²) in [6.45, 7) is 4.99. The molecule has 0 amide bonds. The Hall–Kier alpha value is -3.39. The van der Waals surface area contributed by atoms with Gasteiger partial charge in [-0.05, 0) is 44.7 Å². The largest absolute Gasteiger partial charge is 0.465 e. The van der Waals surface area contributed by atoms with Crippen LogP contribution in [0.25, 0.3) is 10.9 Å². The first-order valence-corrected chi connectivity index (χ1v) is 9.80. The number of hydrogen-bond donors (Lipinski definition) is 1. The molecular formula is C22H24N4O4. The number of fused-ring (bicyclic) bond motifs is 2. The molecular weight excluding hydrogens is 384 g/mol. The lowest BCUT2D eigenvalue weighted by Crippen LogP contribution is -2.27. The minimum absolute atomic E-state index is 0.175. The molecule has 0 radical (unpaired) electrons. The normalized spacial score (nSPS) is 12.4. The Morgan fingerprint density at radius 2 is 2.03 bits per heavy atom. The van der Waals surface area contributed by atoms with E-state index in [0.717, 1.165) is 27.9 Å². The van der Waals surface area contributed by atoms with E-state index in [-0.39, 0.29) is 19.3 Å². The molecule has 0 atom stereocenters. The molecule has 0 fully saturated rings. The van der Waals surface area contributed by atoms with E-state index in [9.17, 15) is 4.79 Å². The number of rotatable bonds is 7. The third-order valence-corrected chi connectivity index (χ3v) is 4.73. The van der Waals surface area contributed by atoms with Gasteiger partial charge in [-0.3, -0.25) is 9.69 Å². The molecule has 156 valence electrons. The number of aromatic nitrogens is 2. The molecule has 0 saturated heterocycles.